The molecule has 2 aliphatic heterocycles. The number of nitrogens with zero attached hydrogens (tertiary/aromatic N) is 2. The molecule has 2 aliphatic rings. The molecule has 2 heterocycles. The van der Waals surface area contributed by atoms with Crippen LogP contribution in [0.5, 0.6) is 11.5 Å². The van der Waals surface area contributed by atoms with E-state index in [4.69, 9.17) is 9.47 Å². The van der Waals surface area contributed by atoms with Crippen molar-refractivity contribution in [3.8, 4) is 11.5 Å². The van der Waals surface area contributed by atoms with Crippen LogP contribution in [0.3, 0.4) is 0 Å². The predicted octanol–water partition coefficient (Wildman–Crippen LogP) is 4.61. The molecule has 0 aromatic heterocycles. The first-order chi connectivity index (χ1) is 13.2. The lowest BCUT2D eigenvalue weighted by atomic mass is 10.1. The Hall–Kier alpha value is -2.73. The molecule has 0 unspecified atom stereocenters. The molecule has 138 valence electrons. The van der Waals surface area contributed by atoms with Gasteiger partial charge in [0.2, 0.25) is 6.79 Å². The highest BCUT2D eigenvalue weighted by molar-refractivity contribution is 8.19. The fourth-order valence-electron chi connectivity index (χ4n) is 2.97. The Morgan fingerprint density at radius 1 is 1.19 bits per heavy atom. The van der Waals surface area contributed by atoms with Crippen molar-refractivity contribution in [2.75, 3.05) is 18.2 Å². The molecule has 5 nitrogen and oxygen atoms in total. The van der Waals surface area contributed by atoms with Crippen LogP contribution in [-0.4, -0.2) is 24.4 Å². The molecular formula is C21H20N2O3S. The zero-order chi connectivity index (χ0) is 18.8. The maximum absolute atomic E-state index is 13.2. The van der Waals surface area contributed by atoms with E-state index in [1.165, 1.54) is 11.8 Å². The summed E-state index contributed by atoms with van der Waals surface area (Å²) in [7, 11) is 0. The van der Waals surface area contributed by atoms with Crippen LogP contribution in [0.25, 0.3) is 6.08 Å². The van der Waals surface area contributed by atoms with E-state index in [-0.39, 0.29) is 12.7 Å². The highest BCUT2D eigenvalue weighted by Gasteiger charge is 2.35. The van der Waals surface area contributed by atoms with E-state index in [1.54, 1.807) is 4.90 Å². The van der Waals surface area contributed by atoms with Crippen molar-refractivity contribution in [2.24, 2.45) is 4.99 Å². The molecule has 2 aromatic carbocycles. The third kappa shape index (κ3) is 3.45. The molecule has 0 bridgehead atoms. The lowest BCUT2D eigenvalue weighted by Gasteiger charge is -2.17. The molecule has 4 rings (SSSR count). The second-order valence-corrected chi connectivity index (χ2v) is 7.32. The Balaban J connectivity index is 1.71. The minimum absolute atomic E-state index is 0.0539. The van der Waals surface area contributed by atoms with E-state index in [9.17, 15) is 4.79 Å². The molecule has 6 heteroatoms. The predicted molar refractivity (Wildman–Crippen MR) is 109 cm³/mol. The van der Waals surface area contributed by atoms with Crippen molar-refractivity contribution < 1.29 is 14.3 Å². The number of para-hydroxylation sites is 1. The van der Waals surface area contributed by atoms with E-state index in [2.05, 4.69) is 11.9 Å². The maximum Gasteiger partial charge on any atom is 0.271 e. The second-order valence-electron chi connectivity index (χ2n) is 6.31. The first-order valence-electron chi connectivity index (χ1n) is 8.91. The zero-order valence-electron chi connectivity index (χ0n) is 15.3. The molecule has 2 aromatic rings. The molecule has 1 fully saturated rings. The number of benzene rings is 2. The van der Waals surface area contributed by atoms with Gasteiger partial charge in [-0.05, 0) is 60.5 Å². The van der Waals surface area contributed by atoms with Gasteiger partial charge in [-0.3, -0.25) is 14.7 Å². The number of carbonyl (C=O) groups is 1. The topological polar surface area (TPSA) is 51.1 Å². The van der Waals surface area contributed by atoms with Gasteiger partial charge in [0, 0.05) is 6.54 Å². The number of fused-ring (bicyclic) bond motifs is 1. The van der Waals surface area contributed by atoms with Gasteiger partial charge in [-0.25, -0.2) is 0 Å². The van der Waals surface area contributed by atoms with Crippen LogP contribution in [-0.2, 0) is 4.79 Å². The number of ether oxygens (including phenoxy) is 2. The van der Waals surface area contributed by atoms with E-state index in [1.807, 2.05) is 55.5 Å². The molecule has 1 saturated heterocycles. The largest absolute Gasteiger partial charge is 0.454 e. The van der Waals surface area contributed by atoms with Gasteiger partial charge in [-0.1, -0.05) is 31.2 Å². The number of aliphatic imine (C=N–C) groups is 1. The number of hydrogen-bond donors (Lipinski definition) is 0. The highest BCUT2D eigenvalue weighted by atomic mass is 32.2. The summed E-state index contributed by atoms with van der Waals surface area (Å²) in [5.74, 6) is 1.38. The third-order valence-corrected chi connectivity index (χ3v) is 5.33. The number of anilines is 1. The number of rotatable bonds is 4. The lowest BCUT2D eigenvalue weighted by molar-refractivity contribution is -0.113. The summed E-state index contributed by atoms with van der Waals surface area (Å²) < 4.78 is 10.8. The van der Waals surface area contributed by atoms with Gasteiger partial charge >= 0.3 is 0 Å². The fourth-order valence-corrected chi connectivity index (χ4v) is 3.97. The molecule has 0 saturated carbocycles. The number of amides is 1. The molecule has 0 aliphatic carbocycles. The summed E-state index contributed by atoms with van der Waals surface area (Å²) in [4.78, 5) is 20.2. The minimum Gasteiger partial charge on any atom is -0.454 e. The Morgan fingerprint density at radius 2 is 2.00 bits per heavy atom. The second kappa shape index (κ2) is 7.48. The van der Waals surface area contributed by atoms with Crippen LogP contribution in [0.1, 0.15) is 24.5 Å². The van der Waals surface area contributed by atoms with Crippen molar-refractivity contribution in [3.05, 3.63) is 58.5 Å². The van der Waals surface area contributed by atoms with Crippen molar-refractivity contribution in [3.63, 3.8) is 0 Å². The van der Waals surface area contributed by atoms with Crippen molar-refractivity contribution in [2.45, 2.75) is 20.3 Å². The number of amidine groups is 1. The van der Waals surface area contributed by atoms with Gasteiger partial charge in [0.15, 0.2) is 16.7 Å². The smallest absolute Gasteiger partial charge is 0.271 e. The Kier molecular flexibility index (Phi) is 4.90. The Labute approximate surface area is 162 Å². The first kappa shape index (κ1) is 17.7. The minimum atomic E-state index is -0.0539. The quantitative estimate of drug-likeness (QED) is 0.727. The van der Waals surface area contributed by atoms with Gasteiger partial charge in [0.05, 0.1) is 10.6 Å². The van der Waals surface area contributed by atoms with Crippen LogP contribution in [0.15, 0.2) is 52.4 Å². The molecule has 27 heavy (non-hydrogen) atoms. The lowest BCUT2D eigenvalue weighted by Crippen LogP contribution is -2.29. The van der Waals surface area contributed by atoms with Gasteiger partial charge in [0.25, 0.3) is 5.91 Å². The number of hydrogen-bond acceptors (Lipinski definition) is 5. The Morgan fingerprint density at radius 3 is 2.81 bits per heavy atom. The van der Waals surface area contributed by atoms with Gasteiger partial charge in [0.1, 0.15) is 0 Å². The molecular weight excluding hydrogens is 360 g/mol. The molecule has 0 N–H and O–H groups in total. The van der Waals surface area contributed by atoms with E-state index in [0.29, 0.717) is 17.2 Å². The molecule has 0 radical (unpaired) electrons. The SMILES string of the molecule is CCC/N=C1\S/C(=C\c2ccc3c(c2)OCO3)C(=O)N1c1ccccc1C. The summed E-state index contributed by atoms with van der Waals surface area (Å²) in [6.45, 7) is 5.00. The summed E-state index contributed by atoms with van der Waals surface area (Å²) in [5.41, 5.74) is 2.82. The van der Waals surface area contributed by atoms with Gasteiger partial charge in [-0.15, -0.1) is 0 Å². The van der Waals surface area contributed by atoms with E-state index >= 15 is 0 Å². The van der Waals surface area contributed by atoms with Crippen LogP contribution < -0.4 is 14.4 Å². The average molecular weight is 380 g/mol. The zero-order valence-corrected chi connectivity index (χ0v) is 16.1. The maximum atomic E-state index is 13.2. The van der Waals surface area contributed by atoms with Crippen LogP contribution in [0.2, 0.25) is 0 Å². The summed E-state index contributed by atoms with van der Waals surface area (Å²) in [6.07, 6.45) is 2.82. The van der Waals surface area contributed by atoms with Crippen molar-refractivity contribution in [1.82, 2.24) is 0 Å². The molecule has 0 spiro atoms. The van der Waals surface area contributed by atoms with Crippen LogP contribution in [0, 0.1) is 6.92 Å². The van der Waals surface area contributed by atoms with E-state index in [0.717, 1.165) is 34.2 Å². The monoisotopic (exact) mass is 380 g/mol. The van der Waals surface area contributed by atoms with Crippen molar-refractivity contribution in [1.29, 1.82) is 0 Å². The standard InChI is InChI=1S/C21H20N2O3S/c1-3-10-22-21-23(16-7-5-4-6-14(16)2)20(24)19(27-21)12-15-8-9-17-18(11-15)26-13-25-17/h4-9,11-12H,3,10,13H2,1-2H3/b19-12-,22-21-. The first-order valence-corrected chi connectivity index (χ1v) is 9.72. The normalized spacial score (nSPS) is 18.7. The van der Waals surface area contributed by atoms with Crippen LogP contribution >= 0.6 is 11.8 Å². The summed E-state index contributed by atoms with van der Waals surface area (Å²) in [5, 5.41) is 0.725. The van der Waals surface area contributed by atoms with Gasteiger partial charge in [-0.2, -0.15) is 0 Å². The van der Waals surface area contributed by atoms with Gasteiger partial charge < -0.3 is 9.47 Å². The summed E-state index contributed by atoms with van der Waals surface area (Å²) in [6, 6.07) is 13.6. The number of carbonyl (C=O) groups excluding carboxylic acids is 1. The van der Waals surface area contributed by atoms with Crippen molar-refractivity contribution >= 4 is 34.6 Å². The number of thioether (sulfide) groups is 1. The van der Waals surface area contributed by atoms with E-state index < -0.39 is 0 Å². The van der Waals surface area contributed by atoms with Crippen LogP contribution in [0.4, 0.5) is 5.69 Å². The fraction of sp³-hybridized carbons (Fsp3) is 0.238. The molecule has 0 atom stereocenters. The average Bonchev–Trinajstić information content (AvgIpc) is 3.25. The Bertz CT molecular complexity index is 952. The molecule has 1 amide bonds. The third-order valence-electron chi connectivity index (χ3n) is 4.33. The summed E-state index contributed by atoms with van der Waals surface area (Å²) >= 11 is 1.41. The highest BCUT2D eigenvalue weighted by Crippen LogP contribution is 2.39. The number of aryl methyl sites for hydroxylation is 1.